The summed E-state index contributed by atoms with van der Waals surface area (Å²) in [5.41, 5.74) is -11.1. The maximum atomic E-state index is 14.6. The molecule has 0 spiro atoms. The van der Waals surface area contributed by atoms with Gasteiger partial charge in [-0.25, -0.2) is 14.4 Å². The Balaban J connectivity index is 1.83. The van der Waals surface area contributed by atoms with E-state index in [1.54, 1.807) is 0 Å². The number of ether oxygens (including phenoxy) is 6. The highest BCUT2D eigenvalue weighted by atomic mass is 19.4. The number of cyclic esters (lactones) is 1. The molecule has 258 valence electrons. The predicted molar refractivity (Wildman–Crippen MR) is 154 cm³/mol. The first-order valence-corrected chi connectivity index (χ1v) is 14.1. The number of rotatable bonds is 10. The van der Waals surface area contributed by atoms with E-state index in [2.05, 4.69) is 0 Å². The van der Waals surface area contributed by atoms with Crippen molar-refractivity contribution in [2.75, 3.05) is 21.3 Å². The van der Waals surface area contributed by atoms with Crippen LogP contribution in [0.4, 0.5) is 26.3 Å². The van der Waals surface area contributed by atoms with Gasteiger partial charge >= 0.3 is 30.3 Å². The number of carbonyl (C=O) groups excluding carboxylic acids is 3. The van der Waals surface area contributed by atoms with Gasteiger partial charge in [0.2, 0.25) is 0 Å². The fraction of sp³-hybridized carbons (Fsp3) is 0.364. The first-order chi connectivity index (χ1) is 22.4. The fourth-order valence-corrected chi connectivity index (χ4v) is 5.73. The minimum Gasteiger partial charge on any atom is -0.496 e. The zero-order valence-electron chi connectivity index (χ0n) is 26.4. The highest BCUT2D eigenvalue weighted by Crippen LogP contribution is 2.51. The summed E-state index contributed by atoms with van der Waals surface area (Å²) in [7, 11) is 2.50. The SMILES string of the molecule is COc1cc(OC(=O)[C@@](OC)(c2ccccc2)C(F)(F)F)c2c(c1C)[C@](C)([C@H](C)OC(=O)[C@@](OC)(c1ccccc1)C(F)(F)F)OC2=O. The number of halogens is 6. The molecule has 0 fully saturated rings. The third-order valence-corrected chi connectivity index (χ3v) is 8.34. The van der Waals surface area contributed by atoms with Crippen LogP contribution >= 0.6 is 0 Å². The minimum atomic E-state index is -5.36. The smallest absolute Gasteiger partial charge is 0.432 e. The molecular formula is C33H30F6O9. The molecule has 0 bridgehead atoms. The lowest BCUT2D eigenvalue weighted by atomic mass is 9.85. The summed E-state index contributed by atoms with van der Waals surface area (Å²) in [6.45, 7) is 3.76. The zero-order valence-corrected chi connectivity index (χ0v) is 26.4. The maximum Gasteiger partial charge on any atom is 0.432 e. The van der Waals surface area contributed by atoms with Crippen LogP contribution in [0, 0.1) is 6.92 Å². The molecule has 1 aliphatic heterocycles. The molecule has 0 saturated carbocycles. The Hall–Kier alpha value is -4.63. The van der Waals surface area contributed by atoms with Crippen molar-refractivity contribution in [3.63, 3.8) is 0 Å². The van der Waals surface area contributed by atoms with Gasteiger partial charge in [-0.05, 0) is 26.3 Å². The van der Waals surface area contributed by atoms with Crippen molar-refractivity contribution in [1.82, 2.24) is 0 Å². The van der Waals surface area contributed by atoms with E-state index in [1.807, 2.05) is 0 Å². The Bertz CT molecular complexity index is 1690. The van der Waals surface area contributed by atoms with Crippen molar-refractivity contribution in [3.05, 3.63) is 94.5 Å². The maximum absolute atomic E-state index is 14.6. The molecular weight excluding hydrogens is 654 g/mol. The summed E-state index contributed by atoms with van der Waals surface area (Å²) in [5, 5.41) is 0. The Labute approximate surface area is 270 Å². The molecule has 4 rings (SSSR count). The van der Waals surface area contributed by atoms with Gasteiger partial charge in [0.15, 0.2) is 5.60 Å². The first-order valence-electron chi connectivity index (χ1n) is 14.1. The molecule has 48 heavy (non-hydrogen) atoms. The first kappa shape index (κ1) is 36.2. The fourth-order valence-electron chi connectivity index (χ4n) is 5.73. The van der Waals surface area contributed by atoms with E-state index in [9.17, 15) is 40.7 Å². The van der Waals surface area contributed by atoms with Gasteiger partial charge in [0, 0.05) is 37.0 Å². The van der Waals surface area contributed by atoms with Gasteiger partial charge in [0.1, 0.15) is 23.2 Å². The normalized spacial score (nSPS) is 19.3. The van der Waals surface area contributed by atoms with Crippen molar-refractivity contribution in [2.45, 2.75) is 56.0 Å². The molecule has 1 aliphatic rings. The van der Waals surface area contributed by atoms with E-state index in [4.69, 9.17) is 28.4 Å². The Morgan fingerprint density at radius 3 is 1.65 bits per heavy atom. The van der Waals surface area contributed by atoms with E-state index in [1.165, 1.54) is 57.4 Å². The zero-order chi connectivity index (χ0) is 35.9. The molecule has 4 atom stereocenters. The average molecular weight is 685 g/mol. The Kier molecular flexibility index (Phi) is 9.63. The molecule has 0 aliphatic carbocycles. The van der Waals surface area contributed by atoms with E-state index in [0.717, 1.165) is 37.3 Å². The number of benzene rings is 3. The quantitative estimate of drug-likeness (QED) is 0.136. The Morgan fingerprint density at radius 2 is 1.23 bits per heavy atom. The van der Waals surface area contributed by atoms with E-state index >= 15 is 0 Å². The minimum absolute atomic E-state index is 0.111. The highest BCUT2D eigenvalue weighted by Gasteiger charge is 2.66. The van der Waals surface area contributed by atoms with E-state index in [-0.39, 0.29) is 16.9 Å². The van der Waals surface area contributed by atoms with Crippen molar-refractivity contribution in [3.8, 4) is 11.5 Å². The molecule has 9 nitrogen and oxygen atoms in total. The molecule has 3 aromatic carbocycles. The summed E-state index contributed by atoms with van der Waals surface area (Å²) in [6, 6.07) is 12.9. The van der Waals surface area contributed by atoms with Crippen LogP contribution in [0.25, 0.3) is 0 Å². The molecule has 0 saturated heterocycles. The highest BCUT2D eigenvalue weighted by molar-refractivity contribution is 6.00. The number of carbonyl (C=O) groups is 3. The van der Waals surface area contributed by atoms with E-state index < -0.39 is 75.6 Å². The van der Waals surface area contributed by atoms with Crippen molar-refractivity contribution in [1.29, 1.82) is 0 Å². The topological polar surface area (TPSA) is 107 Å². The number of fused-ring (bicyclic) bond motifs is 1. The summed E-state index contributed by atoms with van der Waals surface area (Å²) >= 11 is 0. The number of esters is 3. The molecule has 0 N–H and O–H groups in total. The van der Waals surface area contributed by atoms with Gasteiger partial charge in [0.25, 0.3) is 11.2 Å². The lowest BCUT2D eigenvalue weighted by Crippen LogP contribution is -2.53. The van der Waals surface area contributed by atoms with Gasteiger partial charge < -0.3 is 28.4 Å². The van der Waals surface area contributed by atoms with Gasteiger partial charge in [-0.2, -0.15) is 26.3 Å². The predicted octanol–water partition coefficient (Wildman–Crippen LogP) is 6.43. The Morgan fingerprint density at radius 1 is 0.771 bits per heavy atom. The largest absolute Gasteiger partial charge is 0.496 e. The van der Waals surface area contributed by atoms with Crippen molar-refractivity contribution < 1.29 is 69.1 Å². The summed E-state index contributed by atoms with van der Waals surface area (Å²) in [5.74, 6) is -5.96. The van der Waals surface area contributed by atoms with Crippen LogP contribution < -0.4 is 9.47 Å². The molecule has 0 aromatic heterocycles. The van der Waals surface area contributed by atoms with Crippen molar-refractivity contribution >= 4 is 17.9 Å². The lowest BCUT2D eigenvalue weighted by Gasteiger charge is -2.37. The second-order valence-electron chi connectivity index (χ2n) is 10.9. The second kappa shape index (κ2) is 12.8. The van der Waals surface area contributed by atoms with Crippen LogP contribution in [0.2, 0.25) is 0 Å². The number of hydrogen-bond donors (Lipinski definition) is 0. The van der Waals surface area contributed by atoms with Gasteiger partial charge in [-0.15, -0.1) is 0 Å². The monoisotopic (exact) mass is 684 g/mol. The average Bonchev–Trinajstić information content (AvgIpc) is 3.31. The number of alkyl halides is 6. The molecule has 15 heteroatoms. The molecule has 1 heterocycles. The van der Waals surface area contributed by atoms with Crippen LogP contribution in [0.15, 0.2) is 66.7 Å². The number of hydrogen-bond acceptors (Lipinski definition) is 9. The molecule has 3 aromatic rings. The van der Waals surface area contributed by atoms with Crippen LogP contribution in [0.1, 0.15) is 46.5 Å². The van der Waals surface area contributed by atoms with Crippen LogP contribution in [-0.2, 0) is 45.3 Å². The van der Waals surface area contributed by atoms with Crippen molar-refractivity contribution in [2.24, 2.45) is 0 Å². The number of methoxy groups -OCH3 is 3. The summed E-state index contributed by atoms with van der Waals surface area (Å²) in [4.78, 5) is 40.3. The van der Waals surface area contributed by atoms with Gasteiger partial charge in [0.05, 0.1) is 7.11 Å². The standard InChI is InChI=1S/C33H30F6O9/c1-18-22(43-4)17-23(47-28(42)31(45-6,33(37,38)39)21-15-11-8-12-16-21)24-25(18)29(3,48-26(24)40)19(2)46-27(41)30(44-5,32(34,35)36)20-13-9-7-10-14-20/h7-17,19H,1-6H3/t19-,29-,30-,31-/m0/s1. The van der Waals surface area contributed by atoms with E-state index in [0.29, 0.717) is 14.2 Å². The van der Waals surface area contributed by atoms with Gasteiger partial charge in [-0.3, -0.25) is 0 Å². The third-order valence-electron chi connectivity index (χ3n) is 8.34. The third kappa shape index (κ3) is 5.53. The molecule has 0 unspecified atom stereocenters. The van der Waals surface area contributed by atoms with Crippen LogP contribution in [0.3, 0.4) is 0 Å². The molecule has 0 amide bonds. The lowest BCUT2D eigenvalue weighted by molar-refractivity contribution is -0.280. The summed E-state index contributed by atoms with van der Waals surface area (Å²) in [6.07, 6.45) is -12.4. The summed E-state index contributed by atoms with van der Waals surface area (Å²) < 4.78 is 118. The van der Waals surface area contributed by atoms with Crippen LogP contribution in [0.5, 0.6) is 11.5 Å². The van der Waals surface area contributed by atoms with Crippen LogP contribution in [-0.4, -0.2) is 57.7 Å². The van der Waals surface area contributed by atoms with Gasteiger partial charge in [-0.1, -0.05) is 60.7 Å². The second-order valence-corrected chi connectivity index (χ2v) is 10.9. The molecule has 0 radical (unpaired) electrons.